The lowest BCUT2D eigenvalue weighted by molar-refractivity contribution is 0.787. The van der Waals surface area contributed by atoms with E-state index in [9.17, 15) is 0 Å². The van der Waals surface area contributed by atoms with E-state index in [0.29, 0.717) is 5.92 Å². The normalized spacial score (nSPS) is 11.2. The molecule has 3 aromatic rings. The van der Waals surface area contributed by atoms with Gasteiger partial charge in [0.05, 0.1) is 0 Å². The zero-order valence-corrected chi connectivity index (χ0v) is 21.8. The summed E-state index contributed by atoms with van der Waals surface area (Å²) >= 11 is 0. The van der Waals surface area contributed by atoms with E-state index in [2.05, 4.69) is 119 Å². The average molecular weight is 443 g/mol. The molecular weight excluding hydrogens is 400 g/mol. The van der Waals surface area contributed by atoms with Crippen LogP contribution in [0, 0.1) is 20.8 Å². The average Bonchev–Trinajstić information content (AvgIpc) is 2.81. The lowest BCUT2D eigenvalue weighted by Crippen LogP contribution is -2.22. The summed E-state index contributed by atoms with van der Waals surface area (Å²) in [6.07, 6.45) is 1.01. The van der Waals surface area contributed by atoms with E-state index in [1.165, 1.54) is 44.8 Å². The van der Waals surface area contributed by atoms with Crippen molar-refractivity contribution in [3.05, 3.63) is 94.0 Å². The highest BCUT2D eigenvalue weighted by Crippen LogP contribution is 2.35. The molecule has 0 saturated heterocycles. The minimum Gasteiger partial charge on any atom is -0.372 e. The first-order valence-corrected chi connectivity index (χ1v) is 12.7. The number of nitrogens with zero attached hydrogens (tertiary/aromatic N) is 2. The molecule has 0 saturated carbocycles. The third-order valence-corrected chi connectivity index (χ3v) is 7.08. The van der Waals surface area contributed by atoms with Gasteiger partial charge in [-0.1, -0.05) is 42.0 Å². The minimum absolute atomic E-state index is 0.337. The molecule has 2 nitrogen and oxygen atoms in total. The van der Waals surface area contributed by atoms with E-state index in [-0.39, 0.29) is 0 Å². The maximum absolute atomic E-state index is 2.43. The van der Waals surface area contributed by atoms with Crippen molar-refractivity contribution >= 4 is 11.4 Å². The predicted molar refractivity (Wildman–Crippen MR) is 146 cm³/mol. The Hall–Kier alpha value is -2.74. The van der Waals surface area contributed by atoms with E-state index >= 15 is 0 Å². The van der Waals surface area contributed by atoms with Crippen molar-refractivity contribution in [2.45, 2.75) is 60.8 Å². The number of aryl methyl sites for hydroxylation is 3. The Morgan fingerprint density at radius 3 is 1.36 bits per heavy atom. The van der Waals surface area contributed by atoms with Crippen molar-refractivity contribution in [2.24, 2.45) is 0 Å². The van der Waals surface area contributed by atoms with Gasteiger partial charge in [0.2, 0.25) is 0 Å². The molecule has 0 aliphatic heterocycles. The maximum atomic E-state index is 2.43. The second kappa shape index (κ2) is 11.4. The summed E-state index contributed by atoms with van der Waals surface area (Å²) < 4.78 is 0. The molecule has 0 spiro atoms. The second-order valence-corrected chi connectivity index (χ2v) is 9.17. The summed E-state index contributed by atoms with van der Waals surface area (Å²) in [4.78, 5) is 4.85. The Balaban J connectivity index is 2.06. The van der Waals surface area contributed by atoms with Gasteiger partial charge < -0.3 is 9.80 Å². The molecule has 0 aliphatic carbocycles. The van der Waals surface area contributed by atoms with E-state index in [4.69, 9.17) is 0 Å². The topological polar surface area (TPSA) is 6.48 Å². The van der Waals surface area contributed by atoms with E-state index < -0.39 is 0 Å². The molecule has 0 aliphatic rings. The van der Waals surface area contributed by atoms with Crippen molar-refractivity contribution in [1.82, 2.24) is 0 Å². The standard InChI is InChI=1S/C31H42N2/c1-8-32(9-2)27-16-18-29(24(6)20-27)31(22-26-14-12-23(5)13-15-26)30-19-17-28(21-25(30)7)33(10-3)11-4/h12-21,31H,8-11,22H2,1-7H3. The van der Waals surface area contributed by atoms with Gasteiger partial charge >= 0.3 is 0 Å². The highest BCUT2D eigenvalue weighted by atomic mass is 15.1. The summed E-state index contributed by atoms with van der Waals surface area (Å²) in [6.45, 7) is 19.8. The molecule has 0 aromatic heterocycles. The van der Waals surface area contributed by atoms with Crippen LogP contribution in [0.25, 0.3) is 0 Å². The van der Waals surface area contributed by atoms with Gasteiger partial charge in [0.25, 0.3) is 0 Å². The van der Waals surface area contributed by atoms with Gasteiger partial charge in [0.15, 0.2) is 0 Å². The fraction of sp³-hybridized carbons (Fsp3) is 0.419. The van der Waals surface area contributed by atoms with Gasteiger partial charge in [-0.2, -0.15) is 0 Å². The molecule has 2 heteroatoms. The fourth-order valence-corrected chi connectivity index (χ4v) is 5.02. The fourth-order valence-electron chi connectivity index (χ4n) is 5.02. The molecule has 0 radical (unpaired) electrons. The Kier molecular flexibility index (Phi) is 8.61. The molecule has 33 heavy (non-hydrogen) atoms. The maximum Gasteiger partial charge on any atom is 0.0368 e. The van der Waals surface area contributed by atoms with Crippen molar-refractivity contribution in [3.8, 4) is 0 Å². The first-order valence-electron chi connectivity index (χ1n) is 12.7. The van der Waals surface area contributed by atoms with Gasteiger partial charge in [0, 0.05) is 43.5 Å². The number of hydrogen-bond donors (Lipinski definition) is 0. The number of hydrogen-bond acceptors (Lipinski definition) is 2. The van der Waals surface area contributed by atoms with Gasteiger partial charge in [-0.25, -0.2) is 0 Å². The highest BCUT2D eigenvalue weighted by molar-refractivity contribution is 5.56. The summed E-state index contributed by atoms with van der Waals surface area (Å²) in [5.41, 5.74) is 11.0. The van der Waals surface area contributed by atoms with Crippen LogP contribution in [0.1, 0.15) is 67.0 Å². The van der Waals surface area contributed by atoms with E-state index in [1.807, 2.05) is 0 Å². The molecule has 0 unspecified atom stereocenters. The Morgan fingerprint density at radius 2 is 1.00 bits per heavy atom. The van der Waals surface area contributed by atoms with Gasteiger partial charge in [-0.05, 0) is 107 Å². The van der Waals surface area contributed by atoms with Gasteiger partial charge in [-0.15, -0.1) is 0 Å². The van der Waals surface area contributed by atoms with E-state index in [1.54, 1.807) is 0 Å². The van der Waals surface area contributed by atoms with Crippen LogP contribution in [-0.4, -0.2) is 26.2 Å². The van der Waals surface area contributed by atoms with Crippen LogP contribution in [0.15, 0.2) is 60.7 Å². The molecule has 0 atom stereocenters. The second-order valence-electron chi connectivity index (χ2n) is 9.17. The minimum atomic E-state index is 0.337. The van der Waals surface area contributed by atoms with Crippen molar-refractivity contribution in [1.29, 1.82) is 0 Å². The van der Waals surface area contributed by atoms with Crippen molar-refractivity contribution in [2.75, 3.05) is 36.0 Å². The zero-order valence-electron chi connectivity index (χ0n) is 21.8. The van der Waals surface area contributed by atoms with Crippen LogP contribution >= 0.6 is 0 Å². The van der Waals surface area contributed by atoms with Crippen LogP contribution in [-0.2, 0) is 6.42 Å². The highest BCUT2D eigenvalue weighted by Gasteiger charge is 2.20. The van der Waals surface area contributed by atoms with Crippen molar-refractivity contribution < 1.29 is 0 Å². The largest absolute Gasteiger partial charge is 0.372 e. The number of benzene rings is 3. The predicted octanol–water partition coefficient (Wildman–Crippen LogP) is 7.68. The molecule has 0 amide bonds. The summed E-state index contributed by atoms with van der Waals surface area (Å²) in [6, 6.07) is 23.2. The first-order chi connectivity index (χ1) is 15.9. The summed E-state index contributed by atoms with van der Waals surface area (Å²) in [5, 5.41) is 0. The molecule has 176 valence electrons. The molecule has 0 heterocycles. The molecule has 3 aromatic carbocycles. The van der Waals surface area contributed by atoms with Crippen molar-refractivity contribution in [3.63, 3.8) is 0 Å². The Morgan fingerprint density at radius 1 is 0.576 bits per heavy atom. The zero-order chi connectivity index (χ0) is 24.0. The molecule has 0 N–H and O–H groups in total. The van der Waals surface area contributed by atoms with Crippen LogP contribution in [0.2, 0.25) is 0 Å². The monoisotopic (exact) mass is 442 g/mol. The van der Waals surface area contributed by atoms with E-state index in [0.717, 1.165) is 32.6 Å². The number of rotatable bonds is 10. The van der Waals surface area contributed by atoms with Crippen LogP contribution in [0.4, 0.5) is 11.4 Å². The first kappa shape index (κ1) is 24.9. The summed E-state index contributed by atoms with van der Waals surface area (Å²) in [7, 11) is 0. The third kappa shape index (κ3) is 5.79. The molecule has 0 fully saturated rings. The van der Waals surface area contributed by atoms with Crippen LogP contribution in [0.3, 0.4) is 0 Å². The van der Waals surface area contributed by atoms with Gasteiger partial charge in [0.1, 0.15) is 0 Å². The third-order valence-electron chi connectivity index (χ3n) is 7.08. The van der Waals surface area contributed by atoms with Crippen LogP contribution < -0.4 is 9.80 Å². The summed E-state index contributed by atoms with van der Waals surface area (Å²) in [5.74, 6) is 0.337. The molecule has 0 bridgehead atoms. The number of anilines is 2. The Bertz CT molecular complexity index is 966. The molecular formula is C31H42N2. The lowest BCUT2D eigenvalue weighted by Gasteiger charge is -2.27. The quantitative estimate of drug-likeness (QED) is 0.318. The molecule has 3 rings (SSSR count). The van der Waals surface area contributed by atoms with Gasteiger partial charge in [-0.3, -0.25) is 0 Å². The Labute approximate surface area is 202 Å². The van der Waals surface area contributed by atoms with Crippen LogP contribution in [0.5, 0.6) is 0 Å². The smallest absolute Gasteiger partial charge is 0.0368 e. The SMILES string of the molecule is CCN(CC)c1ccc(C(Cc2ccc(C)cc2)c2ccc(N(CC)CC)cc2C)c(C)c1. The lowest BCUT2D eigenvalue weighted by atomic mass is 9.81.